The maximum Gasteiger partial charge on any atom is 0.349 e. The number of aromatic hydroxyl groups is 1. The van der Waals surface area contributed by atoms with Gasteiger partial charge in [-0.2, -0.15) is 0 Å². The van der Waals surface area contributed by atoms with Crippen LogP contribution in [0.5, 0.6) is 5.75 Å². The Morgan fingerprint density at radius 3 is 2.41 bits per heavy atom. The Labute approximate surface area is 246 Å². The molecule has 0 unspecified atom stereocenters. The second-order valence-electron chi connectivity index (χ2n) is 11.9. The first-order chi connectivity index (χ1) is 19.3. The Bertz CT molecular complexity index is 1460. The largest absolute Gasteiger partial charge is 0.511 e. The molecule has 0 spiro atoms. The molecule has 1 amide bonds. The number of phenolic OH excluding ortho intramolecular Hbond substituents is 1. The van der Waals surface area contributed by atoms with Crippen molar-refractivity contribution in [2.45, 2.75) is 76.7 Å². The maximum absolute atomic E-state index is 13.4. The zero-order valence-corrected chi connectivity index (χ0v) is 25.3. The van der Waals surface area contributed by atoms with E-state index in [4.69, 9.17) is 4.74 Å². The van der Waals surface area contributed by atoms with Gasteiger partial charge < -0.3 is 20.3 Å². The number of aryl methyl sites for hydroxylation is 2. The molecule has 1 aliphatic heterocycles. The Morgan fingerprint density at radius 1 is 1.12 bits per heavy atom. The van der Waals surface area contributed by atoms with E-state index in [2.05, 4.69) is 31.1 Å². The number of aliphatic hydroxyl groups is 1. The van der Waals surface area contributed by atoms with Crippen LogP contribution in [-0.4, -0.2) is 32.7 Å². The fraction of sp³-hybridized carbons (Fsp3) is 0.364. The number of hydrogen-bond donors (Lipinski definition) is 3. The minimum atomic E-state index is -0.842. The highest BCUT2D eigenvalue weighted by Crippen LogP contribution is 2.46. The van der Waals surface area contributed by atoms with Gasteiger partial charge in [0, 0.05) is 23.2 Å². The van der Waals surface area contributed by atoms with Crippen LogP contribution in [-0.2, 0) is 21.4 Å². The van der Waals surface area contributed by atoms with Crippen molar-refractivity contribution >= 4 is 29.3 Å². The summed E-state index contributed by atoms with van der Waals surface area (Å²) in [5, 5.41) is 23.8. The number of thioether (sulfide) groups is 1. The summed E-state index contributed by atoms with van der Waals surface area (Å²) in [4.78, 5) is 31.4. The van der Waals surface area contributed by atoms with Crippen LogP contribution in [0.3, 0.4) is 0 Å². The van der Waals surface area contributed by atoms with E-state index in [9.17, 15) is 19.8 Å². The van der Waals surface area contributed by atoms with Gasteiger partial charge in [-0.05, 0) is 84.2 Å². The van der Waals surface area contributed by atoms with E-state index >= 15 is 0 Å². The molecule has 2 heterocycles. The number of nitrogens with zero attached hydrogens (tertiary/aromatic N) is 1. The third kappa shape index (κ3) is 6.93. The number of hydrogen-bond acceptors (Lipinski definition) is 7. The number of carbonyl (C=O) groups is 2. The number of amides is 1. The lowest BCUT2D eigenvalue weighted by Crippen LogP contribution is -2.44. The molecule has 1 aliphatic rings. The van der Waals surface area contributed by atoms with Crippen molar-refractivity contribution in [3.05, 3.63) is 93.8 Å². The molecule has 2 aromatic carbocycles. The molecular formula is C33H38N2O5S. The zero-order valence-electron chi connectivity index (χ0n) is 24.4. The summed E-state index contributed by atoms with van der Waals surface area (Å²) >= 11 is 1.20. The Kier molecular flexibility index (Phi) is 8.83. The molecule has 0 saturated carbocycles. The lowest BCUT2D eigenvalue weighted by Gasteiger charge is -2.40. The van der Waals surface area contributed by atoms with Crippen molar-refractivity contribution in [2.75, 3.05) is 5.32 Å². The summed E-state index contributed by atoms with van der Waals surface area (Å²) in [6, 6.07) is 16.0. The van der Waals surface area contributed by atoms with Gasteiger partial charge in [0.1, 0.15) is 27.7 Å². The van der Waals surface area contributed by atoms with Gasteiger partial charge in [0.2, 0.25) is 0 Å². The minimum Gasteiger partial charge on any atom is -0.511 e. The summed E-state index contributed by atoms with van der Waals surface area (Å²) in [5.74, 6) is -0.639. The Balaban J connectivity index is 1.61. The first-order valence-electron chi connectivity index (χ1n) is 13.8. The molecule has 1 aromatic heterocycles. The number of rotatable bonds is 8. The zero-order chi connectivity index (χ0) is 29.9. The first-order valence-corrected chi connectivity index (χ1v) is 14.6. The summed E-state index contributed by atoms with van der Waals surface area (Å²) in [6.07, 6.45) is 2.98. The highest BCUT2D eigenvalue weighted by Gasteiger charge is 2.44. The number of aromatic nitrogens is 1. The summed E-state index contributed by atoms with van der Waals surface area (Å²) in [6.45, 7) is 12.1. The summed E-state index contributed by atoms with van der Waals surface area (Å²) in [7, 11) is 0. The van der Waals surface area contributed by atoms with E-state index < -0.39 is 11.6 Å². The highest BCUT2D eigenvalue weighted by molar-refractivity contribution is 8.04. The van der Waals surface area contributed by atoms with Gasteiger partial charge in [0.25, 0.3) is 5.91 Å². The van der Waals surface area contributed by atoms with Gasteiger partial charge in [0.05, 0.1) is 0 Å². The molecule has 0 bridgehead atoms. The van der Waals surface area contributed by atoms with Gasteiger partial charge >= 0.3 is 5.97 Å². The average Bonchev–Trinajstić information content (AvgIpc) is 2.91. The molecule has 3 N–H and O–H groups in total. The lowest BCUT2D eigenvalue weighted by molar-refractivity contribution is -0.164. The van der Waals surface area contributed by atoms with Gasteiger partial charge in [-0.3, -0.25) is 9.78 Å². The molecule has 0 fully saturated rings. The van der Waals surface area contributed by atoms with Crippen molar-refractivity contribution in [3.8, 4) is 5.75 Å². The predicted molar refractivity (Wildman–Crippen MR) is 162 cm³/mol. The normalized spacial score (nSPS) is 17.5. The van der Waals surface area contributed by atoms with Crippen LogP contribution in [0, 0.1) is 12.8 Å². The van der Waals surface area contributed by atoms with Crippen LogP contribution in [0.25, 0.3) is 0 Å². The van der Waals surface area contributed by atoms with Crippen LogP contribution in [0.1, 0.15) is 74.6 Å². The van der Waals surface area contributed by atoms with Gasteiger partial charge in [-0.15, -0.1) is 0 Å². The van der Waals surface area contributed by atoms with Gasteiger partial charge in [-0.1, -0.05) is 64.6 Å². The van der Waals surface area contributed by atoms with Crippen LogP contribution < -0.4 is 5.32 Å². The standard InChI is InChI=1S/C33H38N2O5S/c1-20(2)33(15-14-22-10-12-23(36)13-11-22)19-27(37)29(31(39)40-33)41-28-17-21(3)26(18-24(28)32(4,5)6)35-30(38)25-9-7-8-16-34-25/h7-13,16-18,20,36-37H,14-15,19H2,1-6H3,(H,35,38)/t33-/m1/s1. The fourth-order valence-electron chi connectivity index (χ4n) is 4.90. The quantitative estimate of drug-likeness (QED) is 0.239. The summed E-state index contributed by atoms with van der Waals surface area (Å²) < 4.78 is 6.13. The molecule has 216 valence electrons. The Hall–Kier alpha value is -3.78. The predicted octanol–water partition coefficient (Wildman–Crippen LogP) is 7.48. The van der Waals surface area contributed by atoms with E-state index in [0.29, 0.717) is 24.2 Å². The van der Waals surface area contributed by atoms with Crippen LogP contribution >= 0.6 is 11.8 Å². The summed E-state index contributed by atoms with van der Waals surface area (Å²) in [5.41, 5.74) is 2.58. The topological polar surface area (TPSA) is 109 Å². The van der Waals surface area contributed by atoms with Crippen LogP contribution in [0.2, 0.25) is 0 Å². The van der Waals surface area contributed by atoms with E-state index in [-0.39, 0.29) is 40.1 Å². The number of phenols is 1. The number of nitrogens with one attached hydrogen (secondary N) is 1. The number of carbonyl (C=O) groups excluding carboxylic acids is 2. The van der Waals surface area contributed by atoms with Crippen LogP contribution in [0.15, 0.2) is 76.4 Å². The van der Waals surface area contributed by atoms with Crippen molar-refractivity contribution in [1.82, 2.24) is 4.98 Å². The first kappa shape index (κ1) is 30.2. The lowest BCUT2D eigenvalue weighted by atomic mass is 9.80. The number of aliphatic hydroxyl groups excluding tert-OH is 1. The van der Waals surface area contributed by atoms with Crippen molar-refractivity contribution in [1.29, 1.82) is 0 Å². The highest BCUT2D eigenvalue weighted by atomic mass is 32.2. The Morgan fingerprint density at radius 2 is 1.83 bits per heavy atom. The van der Waals surface area contributed by atoms with Crippen LogP contribution in [0.4, 0.5) is 5.69 Å². The smallest absolute Gasteiger partial charge is 0.349 e. The van der Waals surface area contributed by atoms with E-state index in [0.717, 1.165) is 21.6 Å². The molecule has 4 rings (SSSR count). The number of anilines is 1. The molecular weight excluding hydrogens is 536 g/mol. The average molecular weight is 575 g/mol. The number of ether oxygens (including phenoxy) is 1. The molecule has 8 heteroatoms. The molecule has 1 atom stereocenters. The third-order valence-corrected chi connectivity index (χ3v) is 8.69. The number of esters is 1. The third-order valence-electron chi connectivity index (χ3n) is 7.53. The van der Waals surface area contributed by atoms with Crippen molar-refractivity contribution in [3.63, 3.8) is 0 Å². The molecule has 41 heavy (non-hydrogen) atoms. The van der Waals surface area contributed by atoms with E-state index in [1.807, 2.05) is 45.0 Å². The number of cyclic esters (lactones) is 1. The van der Waals surface area contributed by atoms with Crippen molar-refractivity contribution in [2.24, 2.45) is 5.92 Å². The fourth-order valence-corrected chi connectivity index (χ4v) is 6.14. The molecule has 0 radical (unpaired) electrons. The second kappa shape index (κ2) is 12.0. The molecule has 7 nitrogen and oxygen atoms in total. The number of benzene rings is 2. The van der Waals surface area contributed by atoms with E-state index in [1.165, 1.54) is 11.8 Å². The van der Waals surface area contributed by atoms with Crippen molar-refractivity contribution < 1.29 is 24.5 Å². The number of pyridine rings is 1. The van der Waals surface area contributed by atoms with Gasteiger partial charge in [-0.25, -0.2) is 4.79 Å². The SMILES string of the molecule is Cc1cc(SC2=C(O)C[C@](CCc3ccc(O)cc3)(C(C)C)OC2=O)c(C(C)(C)C)cc1NC(=O)c1ccccn1. The minimum absolute atomic E-state index is 0.0216. The second-order valence-corrected chi connectivity index (χ2v) is 13.0. The maximum atomic E-state index is 13.4. The molecule has 3 aromatic rings. The molecule has 0 aliphatic carbocycles. The monoisotopic (exact) mass is 574 g/mol. The molecule has 0 saturated heterocycles. The van der Waals surface area contributed by atoms with E-state index in [1.54, 1.807) is 36.5 Å². The van der Waals surface area contributed by atoms with Gasteiger partial charge in [0.15, 0.2) is 0 Å².